The van der Waals surface area contributed by atoms with Crippen LogP contribution in [0.4, 0.5) is 0 Å². The monoisotopic (exact) mass is 219 g/mol. The minimum Gasteiger partial charge on any atom is -0.482 e. The third kappa shape index (κ3) is 3.40. The van der Waals surface area contributed by atoms with Crippen molar-refractivity contribution in [2.24, 2.45) is 0 Å². The van der Waals surface area contributed by atoms with E-state index in [4.69, 9.17) is 52.2 Å². The largest absolute Gasteiger partial charge is 0.482 e. The van der Waals surface area contributed by atoms with Crippen LogP contribution < -0.4 is 5.32 Å². The minimum absolute atomic E-state index is 0.567. The maximum absolute atomic E-state index is 10.9. The summed E-state index contributed by atoms with van der Waals surface area (Å²) in [6.07, 6.45) is 0. The molecule has 0 aromatic heterocycles. The molecule has 3 nitrogen and oxygen atoms in total. The van der Waals surface area contributed by atoms with Crippen molar-refractivity contribution in [2.45, 2.75) is 42.1 Å². The van der Waals surface area contributed by atoms with Gasteiger partial charge in [0.15, 0.2) is 0 Å². The van der Waals surface area contributed by atoms with Gasteiger partial charge in [0.2, 0.25) is 0 Å². The Kier molecular flexibility index (Phi) is 4.44. The predicted molar refractivity (Wildman–Crippen MR) is 73.2 cm³/mol. The molecule has 78 valence electrons. The third-order valence-electron chi connectivity index (χ3n) is 2.30. The van der Waals surface area contributed by atoms with Crippen LogP contribution in [-0.2, 0) is 4.79 Å². The summed E-state index contributed by atoms with van der Waals surface area (Å²) in [6, 6.07) is 0. The molecule has 0 aromatic rings. The Labute approximate surface area is 111 Å². The SMILES string of the molecule is [B]C([B])(NC(C)(C)C)C([B])([B])C([B])([B])C(=O)O. The molecule has 0 fully saturated rings. The van der Waals surface area contributed by atoms with Gasteiger partial charge in [-0.05, 0) is 26.0 Å². The van der Waals surface area contributed by atoms with Crippen LogP contribution in [0.5, 0.6) is 0 Å². The maximum atomic E-state index is 10.9. The van der Waals surface area contributed by atoms with Gasteiger partial charge in [-0.1, -0.05) is 10.6 Å². The Bertz CT molecular complexity index is 310. The Morgan fingerprint density at radius 2 is 1.35 bits per heavy atom. The molecule has 0 saturated carbocycles. The van der Waals surface area contributed by atoms with Gasteiger partial charge in [0, 0.05) is 5.54 Å². The Hall–Kier alpha value is -0.180. The van der Waals surface area contributed by atoms with Crippen molar-refractivity contribution in [3.63, 3.8) is 0 Å². The van der Waals surface area contributed by atoms with Gasteiger partial charge < -0.3 is 10.4 Å². The van der Waals surface area contributed by atoms with Crippen LogP contribution in [0.3, 0.4) is 0 Å². The highest BCUT2D eigenvalue weighted by Crippen LogP contribution is 2.48. The molecule has 2 N–H and O–H groups in total. The smallest absolute Gasteiger partial charge is 0.291 e. The first-order valence-corrected chi connectivity index (χ1v) is 4.91. The van der Waals surface area contributed by atoms with Gasteiger partial charge in [0.05, 0.1) is 47.1 Å². The van der Waals surface area contributed by atoms with Crippen molar-refractivity contribution in [3.05, 3.63) is 0 Å². The second-order valence-electron chi connectivity index (χ2n) is 5.29. The topological polar surface area (TPSA) is 49.3 Å². The number of carboxylic acids is 1. The normalized spacial score (nSPS) is 14.5. The fraction of sp³-hybridized carbons (Fsp3) is 0.875. The number of nitrogens with one attached hydrogen (secondary N) is 1. The number of carboxylic acid groups (broad SMARTS) is 1. The molecule has 9 heteroatoms. The first kappa shape index (κ1) is 16.8. The summed E-state index contributed by atoms with van der Waals surface area (Å²) < 4.78 is 0. The van der Waals surface area contributed by atoms with Crippen molar-refractivity contribution in [1.82, 2.24) is 5.32 Å². The van der Waals surface area contributed by atoms with Crippen LogP contribution >= 0.6 is 0 Å². The van der Waals surface area contributed by atoms with Crippen molar-refractivity contribution < 1.29 is 9.90 Å². The molecule has 17 heavy (non-hydrogen) atoms. The van der Waals surface area contributed by atoms with Crippen molar-refractivity contribution in [2.75, 3.05) is 0 Å². The molecule has 0 heterocycles. The van der Waals surface area contributed by atoms with Crippen LogP contribution in [0.25, 0.3) is 0 Å². The van der Waals surface area contributed by atoms with Crippen LogP contribution in [0.2, 0.25) is 10.4 Å². The van der Waals surface area contributed by atoms with E-state index in [0.717, 1.165) is 0 Å². The minimum atomic E-state index is -2.49. The summed E-state index contributed by atoms with van der Waals surface area (Å²) in [7, 11) is 33.4. The van der Waals surface area contributed by atoms with Gasteiger partial charge >= 0.3 is 0 Å². The molecule has 12 radical (unpaired) electrons. The van der Waals surface area contributed by atoms with Gasteiger partial charge in [-0.15, -0.1) is 0 Å². The van der Waals surface area contributed by atoms with Crippen LogP contribution in [0.1, 0.15) is 20.8 Å². The molecule has 0 saturated heterocycles. The molecule has 0 aliphatic rings. The van der Waals surface area contributed by atoms with E-state index in [1.165, 1.54) is 0 Å². The van der Waals surface area contributed by atoms with Crippen molar-refractivity contribution >= 4 is 53.0 Å². The average molecular weight is 218 g/mol. The highest BCUT2D eigenvalue weighted by Gasteiger charge is 2.49. The molecule has 0 spiro atoms. The fourth-order valence-corrected chi connectivity index (χ4v) is 1.24. The molecule has 0 atom stereocenters. The second kappa shape index (κ2) is 4.49. The summed E-state index contributed by atoms with van der Waals surface area (Å²) in [6.45, 7) is 5.23. The van der Waals surface area contributed by atoms with E-state index < -0.39 is 27.3 Å². The molecule has 0 unspecified atom stereocenters. The summed E-state index contributed by atoms with van der Waals surface area (Å²) >= 11 is 0. The van der Waals surface area contributed by atoms with Crippen molar-refractivity contribution in [3.8, 4) is 0 Å². The standard InChI is InChI=1S/C8H11B6NO2/c1-5(2,3)15-8(13,14)7(11,12)6(9,10)4(16)17/h15H,1-3H3,(H,16,17). The number of hydrogen-bond acceptors (Lipinski definition) is 2. The Morgan fingerprint density at radius 3 is 1.59 bits per heavy atom. The van der Waals surface area contributed by atoms with E-state index in [1.807, 2.05) is 0 Å². The zero-order chi connectivity index (χ0) is 14.3. The van der Waals surface area contributed by atoms with Gasteiger partial charge in [-0.25, -0.2) is 0 Å². The molecule has 0 rings (SSSR count). The predicted octanol–water partition coefficient (Wildman–Crippen LogP) is -1.64. The molecular formula is C8H11B6NO2. The van der Waals surface area contributed by atoms with E-state index in [9.17, 15) is 4.79 Å². The average Bonchev–Trinajstić information content (AvgIpc) is 1.98. The van der Waals surface area contributed by atoms with Crippen LogP contribution in [-0.4, -0.2) is 69.0 Å². The van der Waals surface area contributed by atoms with Gasteiger partial charge in [0.1, 0.15) is 0 Å². The molecule has 0 aliphatic carbocycles. The lowest BCUT2D eigenvalue weighted by atomic mass is 9.20. The van der Waals surface area contributed by atoms with Gasteiger partial charge in [-0.3, -0.25) is 4.79 Å². The van der Waals surface area contributed by atoms with Gasteiger partial charge in [0.25, 0.3) is 5.97 Å². The number of hydrogen-bond donors (Lipinski definition) is 2. The van der Waals surface area contributed by atoms with E-state index in [2.05, 4.69) is 5.32 Å². The molecule has 0 amide bonds. The zero-order valence-electron chi connectivity index (χ0n) is 10.3. The van der Waals surface area contributed by atoms with Crippen LogP contribution in [0, 0.1) is 0 Å². The molecular weight excluding hydrogens is 207 g/mol. The van der Waals surface area contributed by atoms with E-state index in [-0.39, 0.29) is 0 Å². The lowest BCUT2D eigenvalue weighted by Crippen LogP contribution is -2.66. The lowest BCUT2D eigenvalue weighted by molar-refractivity contribution is -0.138. The van der Waals surface area contributed by atoms with E-state index in [1.54, 1.807) is 20.8 Å². The maximum Gasteiger partial charge on any atom is 0.291 e. The lowest BCUT2D eigenvalue weighted by Gasteiger charge is -2.56. The Balaban J connectivity index is 5.37. The highest BCUT2D eigenvalue weighted by molar-refractivity contribution is 6.65. The third-order valence-corrected chi connectivity index (χ3v) is 2.30. The molecule has 0 aliphatic heterocycles. The quantitative estimate of drug-likeness (QED) is 0.556. The number of carbonyl (C=O) groups is 1. The summed E-state index contributed by atoms with van der Waals surface area (Å²) in [4.78, 5) is 10.9. The molecule has 0 aromatic carbocycles. The Morgan fingerprint density at radius 1 is 1.00 bits per heavy atom. The van der Waals surface area contributed by atoms with Gasteiger partial charge in [-0.2, -0.15) is 0 Å². The van der Waals surface area contributed by atoms with E-state index in [0.29, 0.717) is 0 Å². The number of rotatable bonds is 4. The van der Waals surface area contributed by atoms with Crippen LogP contribution in [0.15, 0.2) is 0 Å². The zero-order valence-corrected chi connectivity index (χ0v) is 10.3. The summed E-state index contributed by atoms with van der Waals surface area (Å²) in [5, 5.41) is 4.82. The fourth-order valence-electron chi connectivity index (χ4n) is 1.24. The van der Waals surface area contributed by atoms with E-state index >= 15 is 0 Å². The van der Waals surface area contributed by atoms with Crippen molar-refractivity contribution in [1.29, 1.82) is 0 Å². The first-order valence-electron chi connectivity index (χ1n) is 4.91. The summed E-state index contributed by atoms with van der Waals surface area (Å²) in [5.74, 6) is -1.61. The molecule has 0 bridgehead atoms. The first-order chi connectivity index (χ1) is 7.15. The number of aliphatic carboxylic acids is 1. The highest BCUT2D eigenvalue weighted by atomic mass is 16.4. The second-order valence-corrected chi connectivity index (χ2v) is 5.29. The summed E-state index contributed by atoms with van der Waals surface area (Å²) in [5.41, 5.74) is -0.567.